The molecule has 14 heavy (non-hydrogen) atoms. The molecular weight excluding hydrogens is 212 g/mol. The molecule has 0 amide bonds. The molecule has 0 aliphatic carbocycles. The molecule has 1 rings (SSSR count). The highest BCUT2D eigenvalue weighted by Crippen LogP contribution is 2.31. The van der Waals surface area contributed by atoms with Crippen molar-refractivity contribution >= 4 is 34.9 Å². The molecule has 0 aromatic heterocycles. The Hall–Kier alpha value is -0.480. The predicted octanol–water partition coefficient (Wildman–Crippen LogP) is 2.86. The lowest BCUT2D eigenvalue weighted by atomic mass is 10.2. The fourth-order valence-electron chi connectivity index (χ4n) is 0.943. The van der Waals surface area contributed by atoms with Crippen LogP contribution in [0.5, 0.6) is 0 Å². The molecule has 0 saturated heterocycles. The monoisotopic (exact) mass is 230 g/mol. The largest absolute Gasteiger partial charge is 0.398 e. The van der Waals surface area contributed by atoms with Crippen molar-refractivity contribution in [2.24, 2.45) is 0 Å². The summed E-state index contributed by atoms with van der Waals surface area (Å²) in [5, 5.41) is 0. The SMILES string of the molecule is CSC.CSc1c(N)ccc(C)c1N. The summed E-state index contributed by atoms with van der Waals surface area (Å²) in [5.41, 5.74) is 14.1. The first kappa shape index (κ1) is 13.5. The number of rotatable bonds is 1. The molecule has 0 heterocycles. The summed E-state index contributed by atoms with van der Waals surface area (Å²) in [6.45, 7) is 1.98. The predicted molar refractivity (Wildman–Crippen MR) is 71.2 cm³/mol. The van der Waals surface area contributed by atoms with Crippen molar-refractivity contribution in [2.75, 3.05) is 30.2 Å². The van der Waals surface area contributed by atoms with Crippen molar-refractivity contribution in [1.29, 1.82) is 0 Å². The van der Waals surface area contributed by atoms with E-state index in [0.717, 1.165) is 21.8 Å². The smallest absolute Gasteiger partial charge is 0.0532 e. The Labute approximate surface area is 94.8 Å². The van der Waals surface area contributed by atoms with Crippen LogP contribution in [0.2, 0.25) is 0 Å². The topological polar surface area (TPSA) is 52.0 Å². The molecule has 0 saturated carbocycles. The van der Waals surface area contributed by atoms with E-state index < -0.39 is 0 Å². The second kappa shape index (κ2) is 6.90. The van der Waals surface area contributed by atoms with Gasteiger partial charge in [0.25, 0.3) is 0 Å². The summed E-state index contributed by atoms with van der Waals surface area (Å²) in [6.07, 6.45) is 6.06. The van der Waals surface area contributed by atoms with Gasteiger partial charge in [-0.25, -0.2) is 0 Å². The Morgan fingerprint density at radius 1 is 1.07 bits per heavy atom. The molecule has 4 heteroatoms. The average Bonchev–Trinajstić information content (AvgIpc) is 2.14. The minimum atomic E-state index is 0.764. The van der Waals surface area contributed by atoms with E-state index in [9.17, 15) is 0 Å². The van der Waals surface area contributed by atoms with Crippen LogP contribution >= 0.6 is 23.5 Å². The van der Waals surface area contributed by atoms with E-state index in [0.29, 0.717) is 0 Å². The van der Waals surface area contributed by atoms with Gasteiger partial charge in [0.05, 0.1) is 10.6 Å². The van der Waals surface area contributed by atoms with E-state index >= 15 is 0 Å². The molecule has 4 N–H and O–H groups in total. The third-order valence-corrected chi connectivity index (χ3v) is 2.51. The highest BCUT2D eigenvalue weighted by molar-refractivity contribution is 7.99. The maximum absolute atomic E-state index is 5.79. The second-order valence-electron chi connectivity index (χ2n) is 2.83. The van der Waals surface area contributed by atoms with Crippen LogP contribution in [-0.2, 0) is 0 Å². The van der Waals surface area contributed by atoms with E-state index in [1.807, 2.05) is 37.8 Å². The normalized spacial score (nSPS) is 9.14. The number of nitrogen functional groups attached to an aromatic ring is 2. The van der Waals surface area contributed by atoms with Crippen LogP contribution in [0.1, 0.15) is 5.56 Å². The molecule has 0 aliphatic rings. The summed E-state index contributed by atoms with van der Waals surface area (Å²) >= 11 is 3.34. The van der Waals surface area contributed by atoms with Crippen molar-refractivity contribution in [1.82, 2.24) is 0 Å². The van der Waals surface area contributed by atoms with Crippen LogP contribution in [0.3, 0.4) is 0 Å². The highest BCUT2D eigenvalue weighted by Gasteiger charge is 2.03. The van der Waals surface area contributed by atoms with Gasteiger partial charge in [-0.2, -0.15) is 11.8 Å². The van der Waals surface area contributed by atoms with E-state index in [2.05, 4.69) is 0 Å². The van der Waals surface area contributed by atoms with Crippen LogP contribution in [0, 0.1) is 6.92 Å². The lowest BCUT2D eigenvalue weighted by Crippen LogP contribution is -1.96. The van der Waals surface area contributed by atoms with Gasteiger partial charge in [-0.15, -0.1) is 11.8 Å². The quantitative estimate of drug-likeness (QED) is 0.575. The van der Waals surface area contributed by atoms with Crippen molar-refractivity contribution in [2.45, 2.75) is 11.8 Å². The van der Waals surface area contributed by atoms with Crippen molar-refractivity contribution in [3.8, 4) is 0 Å². The standard InChI is InChI=1S/C8H12N2S.C2H6S/c1-5-3-4-6(9)8(11-2)7(5)10;1-3-2/h3-4H,9-10H2,1-2H3;1-2H3. The summed E-state index contributed by atoms with van der Waals surface area (Å²) in [7, 11) is 0. The third kappa shape index (κ3) is 3.72. The summed E-state index contributed by atoms with van der Waals surface area (Å²) in [4.78, 5) is 0.991. The van der Waals surface area contributed by atoms with Gasteiger partial charge in [0.1, 0.15) is 0 Å². The Morgan fingerprint density at radius 3 is 1.93 bits per heavy atom. The van der Waals surface area contributed by atoms with Gasteiger partial charge in [-0.05, 0) is 37.3 Å². The van der Waals surface area contributed by atoms with Gasteiger partial charge in [0.15, 0.2) is 0 Å². The van der Waals surface area contributed by atoms with Crippen LogP contribution in [-0.4, -0.2) is 18.8 Å². The maximum atomic E-state index is 5.79. The third-order valence-electron chi connectivity index (χ3n) is 1.65. The first-order valence-corrected chi connectivity index (χ1v) is 7.02. The minimum Gasteiger partial charge on any atom is -0.398 e. The molecule has 1 aromatic rings. The summed E-state index contributed by atoms with van der Waals surface area (Å²) < 4.78 is 0. The Kier molecular flexibility index (Phi) is 6.66. The number of anilines is 2. The molecule has 2 nitrogen and oxygen atoms in total. The van der Waals surface area contributed by atoms with Crippen LogP contribution in [0.15, 0.2) is 17.0 Å². The minimum absolute atomic E-state index is 0.764. The van der Waals surface area contributed by atoms with E-state index in [4.69, 9.17) is 11.5 Å². The molecule has 0 atom stereocenters. The average molecular weight is 230 g/mol. The van der Waals surface area contributed by atoms with Crippen LogP contribution < -0.4 is 11.5 Å². The molecular formula is C10H18N2S2. The Balaban J connectivity index is 0.000000500. The van der Waals surface area contributed by atoms with Gasteiger partial charge in [-0.1, -0.05) is 6.07 Å². The molecule has 0 bridgehead atoms. The van der Waals surface area contributed by atoms with E-state index in [1.165, 1.54) is 0 Å². The lowest BCUT2D eigenvalue weighted by Gasteiger charge is -2.07. The zero-order valence-electron chi connectivity index (χ0n) is 9.13. The van der Waals surface area contributed by atoms with Crippen molar-refractivity contribution in [3.05, 3.63) is 17.7 Å². The summed E-state index contributed by atoms with van der Waals surface area (Å²) in [6, 6.07) is 3.82. The van der Waals surface area contributed by atoms with Gasteiger partial charge in [0, 0.05) is 5.69 Å². The number of thioether (sulfide) groups is 2. The Morgan fingerprint density at radius 2 is 1.57 bits per heavy atom. The van der Waals surface area contributed by atoms with Gasteiger partial charge in [0.2, 0.25) is 0 Å². The molecule has 1 aromatic carbocycles. The number of benzene rings is 1. The zero-order valence-corrected chi connectivity index (χ0v) is 10.8. The van der Waals surface area contributed by atoms with Crippen molar-refractivity contribution < 1.29 is 0 Å². The highest BCUT2D eigenvalue weighted by atomic mass is 32.2. The number of hydrogen-bond acceptors (Lipinski definition) is 4. The Bertz CT molecular complexity index is 288. The van der Waals surface area contributed by atoms with Crippen LogP contribution in [0.25, 0.3) is 0 Å². The first-order chi connectivity index (χ1) is 6.58. The first-order valence-electron chi connectivity index (χ1n) is 4.17. The lowest BCUT2D eigenvalue weighted by molar-refractivity contribution is 1.37. The number of aryl methyl sites for hydroxylation is 1. The zero-order chi connectivity index (χ0) is 11.1. The van der Waals surface area contributed by atoms with Gasteiger partial charge >= 0.3 is 0 Å². The summed E-state index contributed by atoms with van der Waals surface area (Å²) in [5.74, 6) is 0. The van der Waals surface area contributed by atoms with E-state index in [1.54, 1.807) is 23.5 Å². The molecule has 0 fully saturated rings. The van der Waals surface area contributed by atoms with Gasteiger partial charge < -0.3 is 11.5 Å². The molecule has 0 aliphatic heterocycles. The fraction of sp³-hybridized carbons (Fsp3) is 0.400. The van der Waals surface area contributed by atoms with Crippen molar-refractivity contribution in [3.63, 3.8) is 0 Å². The van der Waals surface area contributed by atoms with E-state index in [-0.39, 0.29) is 0 Å². The second-order valence-corrected chi connectivity index (χ2v) is 4.46. The molecule has 80 valence electrons. The molecule has 0 spiro atoms. The molecule has 0 unspecified atom stereocenters. The number of nitrogens with two attached hydrogens (primary N) is 2. The van der Waals surface area contributed by atoms with Crippen LogP contribution in [0.4, 0.5) is 11.4 Å². The number of hydrogen-bond donors (Lipinski definition) is 2. The maximum Gasteiger partial charge on any atom is 0.0532 e. The molecule has 0 radical (unpaired) electrons. The van der Waals surface area contributed by atoms with Gasteiger partial charge in [-0.3, -0.25) is 0 Å². The fourth-order valence-corrected chi connectivity index (χ4v) is 1.63.